The first-order valence-electron chi connectivity index (χ1n) is 8.81. The summed E-state index contributed by atoms with van der Waals surface area (Å²) in [6, 6.07) is 8.92. The maximum absolute atomic E-state index is 12.5. The van der Waals surface area contributed by atoms with E-state index < -0.39 is 10.8 Å². The molecule has 0 aliphatic carbocycles. The van der Waals surface area contributed by atoms with Crippen molar-refractivity contribution in [1.82, 2.24) is 4.90 Å². The third-order valence-corrected chi connectivity index (χ3v) is 5.06. The Balaban J connectivity index is 1.81. The fourth-order valence-electron chi connectivity index (χ4n) is 3.17. The van der Waals surface area contributed by atoms with Crippen LogP contribution in [0.5, 0.6) is 0 Å². The molecule has 0 atom stereocenters. The zero-order valence-corrected chi connectivity index (χ0v) is 17.0. The van der Waals surface area contributed by atoms with Gasteiger partial charge in [0.05, 0.1) is 4.92 Å². The van der Waals surface area contributed by atoms with Gasteiger partial charge in [0.25, 0.3) is 11.6 Å². The lowest BCUT2D eigenvalue weighted by Gasteiger charge is -2.35. The summed E-state index contributed by atoms with van der Waals surface area (Å²) in [5, 5.41) is 15.0. The molecule has 0 saturated carbocycles. The first kappa shape index (κ1) is 20.9. The smallest absolute Gasteiger partial charge is 0.293 e. The van der Waals surface area contributed by atoms with E-state index in [0.29, 0.717) is 47.6 Å². The standard InChI is InChI=1S/C19H18Cl2N4O4/c1-12(26)23-4-6-24(7-5-23)17-3-2-13(8-18(17)25(28)29)19(27)22-16-10-14(20)9-15(21)11-16/h2-3,8-11H,4-7H2,1H3,(H,22,27). The number of carbonyl (C=O) groups is 2. The van der Waals surface area contributed by atoms with Gasteiger partial charge in [0.1, 0.15) is 5.69 Å². The SMILES string of the molecule is CC(=O)N1CCN(c2ccc(C(=O)Nc3cc(Cl)cc(Cl)c3)cc2[N+](=O)[O-])CC1. The monoisotopic (exact) mass is 436 g/mol. The van der Waals surface area contributed by atoms with Gasteiger partial charge >= 0.3 is 0 Å². The molecule has 1 fully saturated rings. The van der Waals surface area contributed by atoms with Crippen LogP contribution in [-0.2, 0) is 4.79 Å². The maximum Gasteiger partial charge on any atom is 0.293 e. The number of nitro benzene ring substituents is 1. The Hall–Kier alpha value is -2.84. The summed E-state index contributed by atoms with van der Waals surface area (Å²) >= 11 is 11.9. The fraction of sp³-hybridized carbons (Fsp3) is 0.263. The second-order valence-electron chi connectivity index (χ2n) is 6.57. The minimum atomic E-state index is -0.514. The minimum absolute atomic E-state index is 0.0210. The molecule has 152 valence electrons. The van der Waals surface area contributed by atoms with Gasteiger partial charge in [0.2, 0.25) is 5.91 Å². The zero-order chi connectivity index (χ0) is 21.1. The first-order valence-corrected chi connectivity index (χ1v) is 9.56. The van der Waals surface area contributed by atoms with E-state index in [1.54, 1.807) is 11.0 Å². The van der Waals surface area contributed by atoms with Crippen molar-refractivity contribution in [3.05, 3.63) is 62.1 Å². The molecule has 2 aromatic carbocycles. The van der Waals surface area contributed by atoms with Crippen molar-refractivity contribution in [3.8, 4) is 0 Å². The number of hydrogen-bond acceptors (Lipinski definition) is 5. The lowest BCUT2D eigenvalue weighted by Crippen LogP contribution is -2.48. The minimum Gasteiger partial charge on any atom is -0.362 e. The van der Waals surface area contributed by atoms with Crippen molar-refractivity contribution >= 4 is 52.1 Å². The molecule has 8 nitrogen and oxygen atoms in total. The molecular weight excluding hydrogens is 419 g/mol. The Morgan fingerprint density at radius 1 is 1.03 bits per heavy atom. The molecule has 29 heavy (non-hydrogen) atoms. The molecule has 1 N–H and O–H groups in total. The third kappa shape index (κ3) is 4.96. The van der Waals surface area contributed by atoms with E-state index >= 15 is 0 Å². The van der Waals surface area contributed by atoms with Gasteiger partial charge in [-0.2, -0.15) is 0 Å². The maximum atomic E-state index is 12.5. The second-order valence-corrected chi connectivity index (χ2v) is 7.44. The number of nitrogens with zero attached hydrogens (tertiary/aromatic N) is 3. The van der Waals surface area contributed by atoms with Crippen LogP contribution in [0.25, 0.3) is 0 Å². The van der Waals surface area contributed by atoms with Crippen molar-refractivity contribution in [1.29, 1.82) is 0 Å². The Bertz CT molecular complexity index is 954. The molecule has 10 heteroatoms. The molecule has 3 rings (SSSR count). The number of hydrogen-bond donors (Lipinski definition) is 1. The van der Waals surface area contributed by atoms with Crippen molar-refractivity contribution < 1.29 is 14.5 Å². The van der Waals surface area contributed by atoms with Crippen LogP contribution in [0.1, 0.15) is 17.3 Å². The highest BCUT2D eigenvalue weighted by Gasteiger charge is 2.26. The molecule has 2 aromatic rings. The summed E-state index contributed by atoms with van der Waals surface area (Å²) in [6.07, 6.45) is 0. The van der Waals surface area contributed by atoms with Crippen molar-refractivity contribution in [2.75, 3.05) is 36.4 Å². The Morgan fingerprint density at radius 3 is 2.21 bits per heavy atom. The van der Waals surface area contributed by atoms with E-state index in [0.717, 1.165) is 0 Å². The van der Waals surface area contributed by atoms with Gasteiger partial charge in [-0.3, -0.25) is 19.7 Å². The number of nitrogens with one attached hydrogen (secondary N) is 1. The second kappa shape index (κ2) is 8.67. The third-order valence-electron chi connectivity index (χ3n) is 4.62. The molecule has 0 bridgehead atoms. The molecule has 1 heterocycles. The van der Waals surface area contributed by atoms with Crippen LogP contribution >= 0.6 is 23.2 Å². The normalized spacial score (nSPS) is 13.9. The predicted molar refractivity (Wildman–Crippen MR) is 112 cm³/mol. The van der Waals surface area contributed by atoms with Crippen LogP contribution in [0.15, 0.2) is 36.4 Å². The number of amides is 2. The fourth-order valence-corrected chi connectivity index (χ4v) is 3.70. The van der Waals surface area contributed by atoms with Crippen LogP contribution < -0.4 is 10.2 Å². The van der Waals surface area contributed by atoms with Crippen LogP contribution in [0.3, 0.4) is 0 Å². The van der Waals surface area contributed by atoms with Gasteiger partial charge < -0.3 is 15.1 Å². The van der Waals surface area contributed by atoms with Gasteiger partial charge in [-0.25, -0.2) is 0 Å². The van der Waals surface area contributed by atoms with Gasteiger partial charge in [-0.1, -0.05) is 23.2 Å². The average molecular weight is 437 g/mol. The average Bonchev–Trinajstić information content (AvgIpc) is 2.66. The van der Waals surface area contributed by atoms with E-state index in [1.165, 1.54) is 37.3 Å². The van der Waals surface area contributed by atoms with E-state index in [-0.39, 0.29) is 17.2 Å². The summed E-state index contributed by atoms with van der Waals surface area (Å²) in [6.45, 7) is 3.44. The molecule has 0 aromatic heterocycles. The van der Waals surface area contributed by atoms with E-state index in [1.807, 2.05) is 4.90 Å². The zero-order valence-electron chi connectivity index (χ0n) is 15.5. The number of carbonyl (C=O) groups excluding carboxylic acids is 2. The number of anilines is 2. The van der Waals surface area contributed by atoms with E-state index in [2.05, 4.69) is 5.32 Å². The van der Waals surface area contributed by atoms with Gasteiger partial charge in [-0.15, -0.1) is 0 Å². The number of nitro groups is 1. The molecule has 0 radical (unpaired) electrons. The lowest BCUT2D eigenvalue weighted by molar-refractivity contribution is -0.384. The summed E-state index contributed by atoms with van der Waals surface area (Å²) in [4.78, 5) is 38.6. The van der Waals surface area contributed by atoms with Crippen molar-refractivity contribution in [2.45, 2.75) is 6.92 Å². The van der Waals surface area contributed by atoms with Crippen molar-refractivity contribution in [2.24, 2.45) is 0 Å². The van der Waals surface area contributed by atoms with Crippen LogP contribution in [0, 0.1) is 10.1 Å². The van der Waals surface area contributed by atoms with Gasteiger partial charge in [0, 0.05) is 60.5 Å². The van der Waals surface area contributed by atoms with Crippen LogP contribution in [0.4, 0.5) is 17.1 Å². The lowest BCUT2D eigenvalue weighted by atomic mass is 10.1. The first-order chi connectivity index (χ1) is 13.7. The number of benzene rings is 2. The Labute approximate surface area is 177 Å². The number of piperazine rings is 1. The predicted octanol–water partition coefficient (Wildman–Crippen LogP) is 3.82. The van der Waals surface area contributed by atoms with Crippen LogP contribution in [0.2, 0.25) is 10.0 Å². The summed E-state index contributed by atoms with van der Waals surface area (Å²) in [5.41, 5.74) is 0.775. The van der Waals surface area contributed by atoms with Gasteiger partial charge in [-0.05, 0) is 30.3 Å². The van der Waals surface area contributed by atoms with E-state index in [4.69, 9.17) is 23.2 Å². The molecule has 1 aliphatic heterocycles. The number of rotatable bonds is 4. The molecule has 1 aliphatic rings. The molecule has 0 spiro atoms. The molecular formula is C19H18Cl2N4O4. The Morgan fingerprint density at radius 2 is 1.66 bits per heavy atom. The summed E-state index contributed by atoms with van der Waals surface area (Å²) < 4.78 is 0. The summed E-state index contributed by atoms with van der Waals surface area (Å²) in [7, 11) is 0. The van der Waals surface area contributed by atoms with E-state index in [9.17, 15) is 19.7 Å². The van der Waals surface area contributed by atoms with Gasteiger partial charge in [0.15, 0.2) is 0 Å². The van der Waals surface area contributed by atoms with Crippen LogP contribution in [-0.4, -0.2) is 47.8 Å². The summed E-state index contributed by atoms with van der Waals surface area (Å²) in [5.74, 6) is -0.535. The topological polar surface area (TPSA) is 95.8 Å². The largest absolute Gasteiger partial charge is 0.362 e. The number of halogens is 2. The Kier molecular flexibility index (Phi) is 6.24. The highest BCUT2D eigenvalue weighted by molar-refractivity contribution is 6.35. The van der Waals surface area contributed by atoms with Crippen molar-refractivity contribution in [3.63, 3.8) is 0 Å². The highest BCUT2D eigenvalue weighted by atomic mass is 35.5. The molecule has 1 saturated heterocycles. The molecule has 2 amide bonds. The highest BCUT2D eigenvalue weighted by Crippen LogP contribution is 2.31. The molecule has 0 unspecified atom stereocenters. The quantitative estimate of drug-likeness (QED) is 0.580.